The van der Waals surface area contributed by atoms with Crippen molar-refractivity contribution in [3.63, 3.8) is 0 Å². The van der Waals surface area contributed by atoms with Gasteiger partial charge < -0.3 is 19.4 Å². The molecule has 50 heavy (non-hydrogen) atoms. The fraction of sp³-hybridized carbons (Fsp3) is 0.541. The number of piperidine rings is 1. The van der Waals surface area contributed by atoms with Crippen molar-refractivity contribution in [1.82, 2.24) is 19.8 Å². The van der Waals surface area contributed by atoms with Crippen LogP contribution in [0.4, 0.5) is 33.7 Å². The van der Waals surface area contributed by atoms with Crippen LogP contribution in [0.2, 0.25) is 0 Å². The number of alkyl halides is 3. The lowest BCUT2D eigenvalue weighted by atomic mass is 9.72. The van der Waals surface area contributed by atoms with E-state index in [0.717, 1.165) is 50.9 Å². The van der Waals surface area contributed by atoms with Crippen molar-refractivity contribution in [3.8, 4) is 16.9 Å². The van der Waals surface area contributed by atoms with E-state index < -0.39 is 30.0 Å². The summed E-state index contributed by atoms with van der Waals surface area (Å²) in [6.07, 6.45) is 2.29. The van der Waals surface area contributed by atoms with Gasteiger partial charge in [0.15, 0.2) is 12.4 Å². The molecule has 2 aliphatic carbocycles. The number of amides is 1. The second-order valence-electron chi connectivity index (χ2n) is 15.5. The van der Waals surface area contributed by atoms with Crippen LogP contribution >= 0.6 is 0 Å². The minimum Gasteiger partial charge on any atom is -0.481 e. The average Bonchev–Trinajstić information content (AvgIpc) is 3.96. The number of nitrogens with zero attached hydrogens (tertiary/aromatic N) is 6. The van der Waals surface area contributed by atoms with Crippen LogP contribution in [0.25, 0.3) is 22.0 Å². The van der Waals surface area contributed by atoms with Crippen LogP contribution in [0.1, 0.15) is 50.0 Å². The summed E-state index contributed by atoms with van der Waals surface area (Å²) in [6, 6.07) is 5.64. The lowest BCUT2D eigenvalue weighted by Gasteiger charge is -2.54. The molecular weight excluding hydrogens is 655 g/mol. The number of halogens is 5. The standard InChI is InChI=1S/C37H39F5N6O2/c1-2-28(49)48-19-36(20-48)10-12-45(13-11-36)33-25-14-24(22-6-7-22)29(30-26(38)4-3-5-27(30)39)32(50-21-37(40,41)42)31(25)43-34(44-33)46-15-23(16-46)47-17-35(18-47)8-9-35/h2-5,14,22-23H,1,6-13,15-21H2. The molecule has 13 heteroatoms. The number of hydrogen-bond acceptors (Lipinski definition) is 7. The zero-order chi connectivity index (χ0) is 34.6. The van der Waals surface area contributed by atoms with Crippen LogP contribution in [-0.2, 0) is 4.79 Å². The number of likely N-dealkylation sites (tertiary alicyclic amines) is 2. The molecular formula is C37H39F5N6O2. The van der Waals surface area contributed by atoms with E-state index in [-0.39, 0.29) is 34.1 Å². The van der Waals surface area contributed by atoms with Gasteiger partial charge in [-0.1, -0.05) is 12.6 Å². The van der Waals surface area contributed by atoms with Crippen molar-refractivity contribution in [2.24, 2.45) is 10.8 Å². The highest BCUT2D eigenvalue weighted by Crippen LogP contribution is 2.55. The quantitative estimate of drug-likeness (QED) is 0.203. The lowest BCUT2D eigenvalue weighted by Crippen LogP contribution is -2.66. The summed E-state index contributed by atoms with van der Waals surface area (Å²) in [6.45, 7) is 8.10. The van der Waals surface area contributed by atoms with Gasteiger partial charge in [0.2, 0.25) is 11.9 Å². The number of carbonyl (C=O) groups is 1. The Bertz CT molecular complexity index is 1860. The van der Waals surface area contributed by atoms with E-state index in [1.807, 2.05) is 11.0 Å². The summed E-state index contributed by atoms with van der Waals surface area (Å²) in [5.74, 6) is -1.24. The first-order valence-electron chi connectivity index (χ1n) is 17.6. The van der Waals surface area contributed by atoms with E-state index in [9.17, 15) is 18.0 Å². The molecule has 0 bridgehead atoms. The molecule has 6 fully saturated rings. The number of rotatable bonds is 8. The van der Waals surface area contributed by atoms with E-state index >= 15 is 8.78 Å². The molecule has 0 unspecified atom stereocenters. The first kappa shape index (κ1) is 31.9. The van der Waals surface area contributed by atoms with Crippen molar-refractivity contribution in [3.05, 3.63) is 54.1 Å². The average molecular weight is 695 g/mol. The van der Waals surface area contributed by atoms with Gasteiger partial charge in [-0.15, -0.1) is 0 Å². The molecule has 5 heterocycles. The van der Waals surface area contributed by atoms with Crippen LogP contribution in [0, 0.1) is 22.5 Å². The van der Waals surface area contributed by atoms with E-state index in [2.05, 4.69) is 16.4 Å². The zero-order valence-corrected chi connectivity index (χ0v) is 27.7. The van der Waals surface area contributed by atoms with Crippen molar-refractivity contribution < 1.29 is 31.5 Å². The Hall–Kier alpha value is -4.00. The van der Waals surface area contributed by atoms with Gasteiger partial charge in [0.25, 0.3) is 0 Å². The maximum Gasteiger partial charge on any atom is 0.422 e. The van der Waals surface area contributed by atoms with Crippen LogP contribution in [0.3, 0.4) is 0 Å². The molecule has 1 aromatic heterocycles. The van der Waals surface area contributed by atoms with Crippen molar-refractivity contribution in [2.75, 3.05) is 68.8 Å². The van der Waals surface area contributed by atoms with Gasteiger partial charge in [-0.3, -0.25) is 9.69 Å². The number of benzene rings is 2. The Balaban J connectivity index is 1.14. The summed E-state index contributed by atoms with van der Waals surface area (Å²) in [7, 11) is 0. The number of hydrogen-bond donors (Lipinski definition) is 0. The molecule has 2 aromatic carbocycles. The Labute approximate surface area is 286 Å². The van der Waals surface area contributed by atoms with Gasteiger partial charge in [0, 0.05) is 74.8 Å². The molecule has 2 saturated carbocycles. The molecule has 9 rings (SSSR count). The maximum atomic E-state index is 15.5. The molecule has 0 radical (unpaired) electrons. The highest BCUT2D eigenvalue weighted by Gasteiger charge is 2.55. The van der Waals surface area contributed by atoms with E-state index in [4.69, 9.17) is 14.7 Å². The molecule has 4 saturated heterocycles. The van der Waals surface area contributed by atoms with Crippen LogP contribution < -0.4 is 14.5 Å². The Morgan fingerprint density at radius 1 is 0.940 bits per heavy atom. The topological polar surface area (TPSA) is 65.0 Å². The highest BCUT2D eigenvalue weighted by atomic mass is 19.4. The second-order valence-corrected chi connectivity index (χ2v) is 15.5. The lowest BCUT2D eigenvalue weighted by molar-refractivity contribution is -0.153. The molecule has 6 aliphatic rings. The summed E-state index contributed by atoms with van der Waals surface area (Å²) in [4.78, 5) is 30.6. The Morgan fingerprint density at radius 3 is 2.20 bits per heavy atom. The molecule has 0 N–H and O–H groups in total. The predicted molar refractivity (Wildman–Crippen MR) is 178 cm³/mol. The number of anilines is 2. The molecule has 1 amide bonds. The molecule has 3 aromatic rings. The first-order valence-corrected chi connectivity index (χ1v) is 17.6. The van der Waals surface area contributed by atoms with E-state index in [1.54, 1.807) is 4.90 Å². The molecule has 4 aliphatic heterocycles. The van der Waals surface area contributed by atoms with Crippen LogP contribution in [0.5, 0.6) is 5.75 Å². The normalized spacial score (nSPS) is 22.8. The second kappa shape index (κ2) is 11.2. The van der Waals surface area contributed by atoms with Gasteiger partial charge in [-0.2, -0.15) is 18.2 Å². The third kappa shape index (κ3) is 5.47. The number of carbonyl (C=O) groups excluding carboxylic acids is 1. The van der Waals surface area contributed by atoms with Crippen molar-refractivity contribution >= 4 is 28.6 Å². The van der Waals surface area contributed by atoms with Crippen molar-refractivity contribution in [2.45, 2.75) is 56.7 Å². The zero-order valence-electron chi connectivity index (χ0n) is 27.7. The van der Waals surface area contributed by atoms with Gasteiger partial charge in [-0.05, 0) is 79.7 Å². The summed E-state index contributed by atoms with van der Waals surface area (Å²) < 4.78 is 78.1. The monoisotopic (exact) mass is 694 g/mol. The summed E-state index contributed by atoms with van der Waals surface area (Å²) >= 11 is 0. The fourth-order valence-corrected chi connectivity index (χ4v) is 8.59. The maximum absolute atomic E-state index is 15.5. The number of aromatic nitrogens is 2. The van der Waals surface area contributed by atoms with E-state index in [0.29, 0.717) is 73.4 Å². The first-order chi connectivity index (χ1) is 23.9. The van der Waals surface area contributed by atoms with Crippen molar-refractivity contribution in [1.29, 1.82) is 0 Å². The SMILES string of the molecule is C=CC(=O)N1CC2(CCN(c3nc(N4CC(N5CC6(CC6)C5)C4)nc4c(OCC(F)(F)F)c(-c5c(F)cccc5F)c(C5CC5)cc34)CC2)C1. The minimum atomic E-state index is -4.70. The van der Waals surface area contributed by atoms with Gasteiger partial charge in [0.05, 0.1) is 5.56 Å². The Kier molecular flexibility index (Phi) is 7.19. The van der Waals surface area contributed by atoms with Gasteiger partial charge in [0.1, 0.15) is 23.0 Å². The van der Waals surface area contributed by atoms with E-state index in [1.165, 1.54) is 25.0 Å². The molecule has 8 nitrogen and oxygen atoms in total. The molecule has 2 spiro atoms. The summed E-state index contributed by atoms with van der Waals surface area (Å²) in [5.41, 5.74) is 0.751. The van der Waals surface area contributed by atoms with Gasteiger partial charge >= 0.3 is 6.18 Å². The fourth-order valence-electron chi connectivity index (χ4n) is 8.59. The predicted octanol–water partition coefficient (Wildman–Crippen LogP) is 6.29. The third-order valence-corrected chi connectivity index (χ3v) is 11.9. The number of ether oxygens (including phenoxy) is 1. The third-order valence-electron chi connectivity index (χ3n) is 11.9. The highest BCUT2D eigenvalue weighted by molar-refractivity contribution is 6.01. The molecule has 0 atom stereocenters. The largest absolute Gasteiger partial charge is 0.481 e. The minimum absolute atomic E-state index is 0.00263. The Morgan fingerprint density at radius 2 is 1.60 bits per heavy atom. The van der Waals surface area contributed by atoms with Crippen LogP contribution in [0.15, 0.2) is 36.9 Å². The molecule has 264 valence electrons. The summed E-state index contributed by atoms with van der Waals surface area (Å²) in [5, 5.41) is 0.511. The van der Waals surface area contributed by atoms with Gasteiger partial charge in [-0.25, -0.2) is 13.8 Å². The van der Waals surface area contributed by atoms with Crippen LogP contribution in [-0.4, -0.2) is 96.9 Å². The smallest absolute Gasteiger partial charge is 0.422 e. The number of fused-ring (bicyclic) bond motifs is 1.